The van der Waals surface area contributed by atoms with Crippen LogP contribution in [0.3, 0.4) is 0 Å². The molecule has 0 N–H and O–H groups in total. The number of hydrogen-bond acceptors (Lipinski definition) is 3. The van der Waals surface area contributed by atoms with E-state index in [1.165, 1.54) is 44.1 Å². The lowest BCUT2D eigenvalue weighted by Gasteiger charge is -2.48. The predicted molar refractivity (Wildman–Crippen MR) is 77.8 cm³/mol. The molecular weight excluding hydrogens is 228 g/mol. The van der Waals surface area contributed by atoms with E-state index in [0.717, 1.165) is 12.0 Å². The van der Waals surface area contributed by atoms with Crippen LogP contribution in [0.4, 0.5) is 0 Å². The van der Waals surface area contributed by atoms with Crippen molar-refractivity contribution in [2.45, 2.75) is 45.7 Å². The number of rotatable bonds is 4. The molecule has 0 bridgehead atoms. The molecule has 0 saturated carbocycles. The summed E-state index contributed by atoms with van der Waals surface area (Å²) in [4.78, 5) is 5.30. The third-order valence-electron chi connectivity index (χ3n) is 4.37. The van der Waals surface area contributed by atoms with Crippen LogP contribution in [0, 0.1) is 5.92 Å². The van der Waals surface area contributed by atoms with Crippen LogP contribution in [0.15, 0.2) is 0 Å². The highest BCUT2D eigenvalue weighted by Gasteiger charge is 2.36. The fourth-order valence-electron chi connectivity index (χ4n) is 3.16. The Labute approximate surface area is 111 Å². The third kappa shape index (κ3) is 3.39. The molecule has 0 aliphatic carbocycles. The number of nitrogens with zero attached hydrogens (tertiary/aromatic N) is 2. The maximum Gasteiger partial charge on any atom is 0.0157 e. The molecule has 2 fully saturated rings. The average Bonchev–Trinajstić information content (AvgIpc) is 2.24. The van der Waals surface area contributed by atoms with E-state index in [1.54, 1.807) is 0 Å². The first-order chi connectivity index (χ1) is 7.99. The van der Waals surface area contributed by atoms with Crippen LogP contribution in [0.5, 0.6) is 0 Å². The second-order valence-corrected chi connectivity index (χ2v) is 7.75. The van der Waals surface area contributed by atoms with Gasteiger partial charge in [-0.1, -0.05) is 0 Å². The molecule has 0 unspecified atom stereocenters. The van der Waals surface area contributed by atoms with Crippen LogP contribution in [-0.2, 0) is 0 Å². The van der Waals surface area contributed by atoms with E-state index in [4.69, 9.17) is 0 Å². The minimum absolute atomic E-state index is 0.411. The monoisotopic (exact) mass is 256 g/mol. The van der Waals surface area contributed by atoms with Gasteiger partial charge in [-0.2, -0.15) is 11.8 Å². The normalized spacial score (nSPS) is 25.2. The van der Waals surface area contributed by atoms with E-state index in [0.29, 0.717) is 5.54 Å². The summed E-state index contributed by atoms with van der Waals surface area (Å²) in [6.45, 7) is 14.7. The van der Waals surface area contributed by atoms with Gasteiger partial charge in [-0.25, -0.2) is 0 Å². The number of thioether (sulfide) groups is 1. The summed E-state index contributed by atoms with van der Waals surface area (Å²) >= 11 is 2.11. The average molecular weight is 256 g/mol. The molecule has 2 nitrogen and oxygen atoms in total. The van der Waals surface area contributed by atoms with Crippen LogP contribution in [0.2, 0.25) is 0 Å². The Morgan fingerprint density at radius 1 is 1.18 bits per heavy atom. The predicted octanol–water partition coefficient (Wildman–Crippen LogP) is 2.54. The Morgan fingerprint density at radius 2 is 1.76 bits per heavy atom. The smallest absolute Gasteiger partial charge is 0.0157 e. The lowest BCUT2D eigenvalue weighted by atomic mass is 9.84. The third-order valence-corrected chi connectivity index (χ3v) is 5.31. The minimum Gasteiger partial charge on any atom is -0.300 e. The molecule has 100 valence electrons. The molecule has 2 saturated heterocycles. The van der Waals surface area contributed by atoms with Crippen LogP contribution in [-0.4, -0.2) is 59.1 Å². The van der Waals surface area contributed by atoms with Crippen molar-refractivity contribution >= 4 is 11.8 Å². The van der Waals surface area contributed by atoms with Gasteiger partial charge in [-0.15, -0.1) is 0 Å². The molecule has 0 radical (unpaired) electrons. The van der Waals surface area contributed by atoms with Crippen molar-refractivity contribution in [3.63, 3.8) is 0 Å². The van der Waals surface area contributed by atoms with Gasteiger partial charge in [0.1, 0.15) is 0 Å². The second kappa shape index (κ2) is 5.50. The van der Waals surface area contributed by atoms with Crippen LogP contribution >= 0.6 is 11.8 Å². The van der Waals surface area contributed by atoms with Crippen molar-refractivity contribution < 1.29 is 0 Å². The molecule has 2 rings (SSSR count). The van der Waals surface area contributed by atoms with Gasteiger partial charge in [-0.05, 0) is 40.0 Å². The zero-order chi connectivity index (χ0) is 12.5. The van der Waals surface area contributed by atoms with Crippen molar-refractivity contribution in [2.75, 3.05) is 37.7 Å². The summed E-state index contributed by atoms with van der Waals surface area (Å²) in [7, 11) is 0. The second-order valence-electron chi connectivity index (χ2n) is 6.53. The van der Waals surface area contributed by atoms with Gasteiger partial charge in [-0.3, -0.25) is 4.90 Å². The molecule has 0 aromatic heterocycles. The quantitative estimate of drug-likeness (QED) is 0.763. The molecule has 0 aromatic carbocycles. The van der Waals surface area contributed by atoms with E-state index < -0.39 is 0 Å². The Bertz CT molecular complexity index is 241. The van der Waals surface area contributed by atoms with Crippen LogP contribution < -0.4 is 0 Å². The molecular formula is C14H28N2S. The first kappa shape index (κ1) is 13.7. The van der Waals surface area contributed by atoms with Gasteiger partial charge in [0.15, 0.2) is 0 Å². The van der Waals surface area contributed by atoms with Crippen molar-refractivity contribution in [3.05, 3.63) is 0 Å². The number of likely N-dealkylation sites (tertiary alicyclic amines) is 1. The molecule has 0 amide bonds. The fourth-order valence-corrected chi connectivity index (χ4v) is 4.07. The minimum atomic E-state index is 0.411. The highest BCUT2D eigenvalue weighted by molar-refractivity contribution is 7.99. The molecule has 3 heteroatoms. The van der Waals surface area contributed by atoms with Crippen molar-refractivity contribution in [1.29, 1.82) is 0 Å². The van der Waals surface area contributed by atoms with Gasteiger partial charge in [0, 0.05) is 49.3 Å². The molecule has 2 aliphatic heterocycles. The zero-order valence-corrected chi connectivity index (χ0v) is 12.7. The van der Waals surface area contributed by atoms with E-state index in [2.05, 4.69) is 49.3 Å². The first-order valence-electron chi connectivity index (χ1n) is 7.06. The van der Waals surface area contributed by atoms with Crippen LogP contribution in [0.25, 0.3) is 0 Å². The van der Waals surface area contributed by atoms with Gasteiger partial charge in [0.05, 0.1) is 0 Å². The summed E-state index contributed by atoms with van der Waals surface area (Å²) in [6.07, 6.45) is 1.38. The Hall–Kier alpha value is 0.270. The first-order valence-corrected chi connectivity index (χ1v) is 8.21. The van der Waals surface area contributed by atoms with E-state index in [1.807, 2.05) is 0 Å². The summed E-state index contributed by atoms with van der Waals surface area (Å²) < 4.78 is 0. The SMILES string of the molecule is CC(C)N1CC(CC(C)(C)N2CCSCC2)C1. The zero-order valence-electron chi connectivity index (χ0n) is 11.9. The molecule has 0 atom stereocenters. The topological polar surface area (TPSA) is 6.48 Å². The number of hydrogen-bond donors (Lipinski definition) is 0. The summed E-state index contributed by atoms with van der Waals surface area (Å²) in [5.41, 5.74) is 0.411. The van der Waals surface area contributed by atoms with Crippen molar-refractivity contribution in [2.24, 2.45) is 5.92 Å². The van der Waals surface area contributed by atoms with Crippen LogP contribution in [0.1, 0.15) is 34.1 Å². The maximum absolute atomic E-state index is 2.71. The lowest BCUT2D eigenvalue weighted by molar-refractivity contribution is 0.0179. The van der Waals surface area contributed by atoms with Gasteiger partial charge in [0.2, 0.25) is 0 Å². The van der Waals surface area contributed by atoms with Gasteiger partial charge in [0.25, 0.3) is 0 Å². The summed E-state index contributed by atoms with van der Waals surface area (Å²) in [5, 5.41) is 0. The van der Waals surface area contributed by atoms with E-state index in [9.17, 15) is 0 Å². The molecule has 17 heavy (non-hydrogen) atoms. The molecule has 2 heterocycles. The Morgan fingerprint density at radius 3 is 2.29 bits per heavy atom. The maximum atomic E-state index is 2.71. The van der Waals surface area contributed by atoms with Crippen molar-refractivity contribution in [3.8, 4) is 0 Å². The Balaban J connectivity index is 1.77. The highest BCUT2D eigenvalue weighted by atomic mass is 32.2. The van der Waals surface area contributed by atoms with E-state index in [-0.39, 0.29) is 0 Å². The van der Waals surface area contributed by atoms with Crippen molar-refractivity contribution in [1.82, 2.24) is 9.80 Å². The van der Waals surface area contributed by atoms with Gasteiger partial charge >= 0.3 is 0 Å². The molecule has 2 aliphatic rings. The van der Waals surface area contributed by atoms with Gasteiger partial charge < -0.3 is 4.90 Å². The highest BCUT2D eigenvalue weighted by Crippen LogP contribution is 2.31. The standard InChI is InChI=1S/C14H28N2S/c1-12(2)15-10-13(11-15)9-14(3,4)16-5-7-17-8-6-16/h12-13H,5-11H2,1-4H3. The molecule has 0 spiro atoms. The molecule has 0 aromatic rings. The Kier molecular flexibility index (Phi) is 4.43. The summed E-state index contributed by atoms with van der Waals surface area (Å²) in [5.74, 6) is 3.58. The summed E-state index contributed by atoms with van der Waals surface area (Å²) in [6, 6.07) is 0.737. The fraction of sp³-hybridized carbons (Fsp3) is 1.00. The lowest BCUT2D eigenvalue weighted by Crippen LogP contribution is -2.56. The largest absolute Gasteiger partial charge is 0.300 e. The van der Waals surface area contributed by atoms with E-state index >= 15 is 0 Å².